The highest BCUT2D eigenvalue weighted by molar-refractivity contribution is 5.94. The van der Waals surface area contributed by atoms with Crippen LogP contribution >= 0.6 is 0 Å². The second-order valence-corrected chi connectivity index (χ2v) is 6.38. The number of carboxylic acids is 1. The summed E-state index contributed by atoms with van der Waals surface area (Å²) in [7, 11) is 0. The third-order valence-electron chi connectivity index (χ3n) is 4.31. The quantitative estimate of drug-likeness (QED) is 0.760. The summed E-state index contributed by atoms with van der Waals surface area (Å²) >= 11 is 0. The van der Waals surface area contributed by atoms with Gasteiger partial charge in [0, 0.05) is 0 Å². The van der Waals surface area contributed by atoms with E-state index in [1.807, 2.05) is 67.6 Å². The minimum atomic E-state index is -1.07. The molecule has 0 aliphatic heterocycles. The summed E-state index contributed by atoms with van der Waals surface area (Å²) in [6.07, 6.45) is 0.195. The normalized spacial score (nSPS) is 12.2. The molecule has 4 nitrogen and oxygen atoms in total. The Morgan fingerprint density at radius 1 is 1.04 bits per heavy atom. The van der Waals surface area contributed by atoms with E-state index in [9.17, 15) is 14.7 Å². The van der Waals surface area contributed by atoms with Gasteiger partial charge in [0.15, 0.2) is 0 Å². The van der Waals surface area contributed by atoms with Crippen molar-refractivity contribution < 1.29 is 14.7 Å². The number of hydrogen-bond acceptors (Lipinski definition) is 2. The first kappa shape index (κ1) is 18.5. The lowest BCUT2D eigenvalue weighted by molar-refractivity contribution is -0.142. The van der Waals surface area contributed by atoms with Gasteiger partial charge >= 0.3 is 5.97 Å². The lowest BCUT2D eigenvalue weighted by Crippen LogP contribution is -2.50. The SMILES string of the molecule is C=C(C)C[C@@H](NC(=O)C(C)(c1ccccc1)c1ccccc1)C(=O)O. The Bertz CT molecular complexity index is 714. The molecular weight excluding hydrogens is 314 g/mol. The van der Waals surface area contributed by atoms with Crippen LogP contribution in [0.4, 0.5) is 0 Å². The minimum absolute atomic E-state index is 0.195. The van der Waals surface area contributed by atoms with Crippen molar-refractivity contribution in [3.8, 4) is 0 Å². The molecule has 1 amide bonds. The van der Waals surface area contributed by atoms with E-state index in [0.29, 0.717) is 5.57 Å². The predicted octanol–water partition coefficient (Wildman–Crippen LogP) is 3.53. The fourth-order valence-electron chi connectivity index (χ4n) is 2.82. The Morgan fingerprint density at radius 3 is 1.84 bits per heavy atom. The van der Waals surface area contributed by atoms with E-state index in [0.717, 1.165) is 11.1 Å². The molecule has 0 radical (unpaired) electrons. The van der Waals surface area contributed by atoms with Crippen LogP contribution in [0.2, 0.25) is 0 Å². The Kier molecular flexibility index (Phi) is 5.75. The monoisotopic (exact) mass is 337 g/mol. The molecule has 0 saturated heterocycles. The summed E-state index contributed by atoms with van der Waals surface area (Å²) < 4.78 is 0. The molecule has 2 N–H and O–H groups in total. The van der Waals surface area contributed by atoms with Gasteiger partial charge in [-0.05, 0) is 31.4 Å². The van der Waals surface area contributed by atoms with Gasteiger partial charge < -0.3 is 10.4 Å². The van der Waals surface area contributed by atoms with E-state index in [2.05, 4.69) is 11.9 Å². The maximum absolute atomic E-state index is 13.2. The first-order valence-electron chi connectivity index (χ1n) is 8.15. The van der Waals surface area contributed by atoms with E-state index in [-0.39, 0.29) is 12.3 Å². The Labute approximate surface area is 148 Å². The number of rotatable bonds is 7. The van der Waals surface area contributed by atoms with Crippen LogP contribution in [0.25, 0.3) is 0 Å². The van der Waals surface area contributed by atoms with Gasteiger partial charge in [-0.3, -0.25) is 4.79 Å². The van der Waals surface area contributed by atoms with Crippen molar-refractivity contribution in [2.24, 2.45) is 0 Å². The fraction of sp³-hybridized carbons (Fsp3) is 0.238. The third-order valence-corrected chi connectivity index (χ3v) is 4.31. The van der Waals surface area contributed by atoms with Crippen molar-refractivity contribution >= 4 is 11.9 Å². The summed E-state index contributed by atoms with van der Waals surface area (Å²) in [4.78, 5) is 24.7. The third kappa shape index (κ3) is 4.15. The van der Waals surface area contributed by atoms with Crippen molar-refractivity contribution in [2.75, 3.05) is 0 Å². The molecule has 2 aromatic carbocycles. The molecule has 0 spiro atoms. The second kappa shape index (κ2) is 7.79. The van der Waals surface area contributed by atoms with Gasteiger partial charge in [0.2, 0.25) is 5.91 Å². The largest absolute Gasteiger partial charge is 0.480 e. The van der Waals surface area contributed by atoms with Crippen LogP contribution in [-0.2, 0) is 15.0 Å². The zero-order valence-electron chi connectivity index (χ0n) is 14.5. The van der Waals surface area contributed by atoms with E-state index in [1.54, 1.807) is 6.92 Å². The average Bonchev–Trinajstić information content (AvgIpc) is 2.61. The van der Waals surface area contributed by atoms with Crippen molar-refractivity contribution in [1.29, 1.82) is 0 Å². The topological polar surface area (TPSA) is 66.4 Å². The molecule has 0 fully saturated rings. The van der Waals surface area contributed by atoms with Gasteiger partial charge in [-0.15, -0.1) is 6.58 Å². The van der Waals surface area contributed by atoms with Crippen LogP contribution in [0.3, 0.4) is 0 Å². The van der Waals surface area contributed by atoms with Crippen LogP contribution in [0.15, 0.2) is 72.8 Å². The molecule has 0 unspecified atom stereocenters. The van der Waals surface area contributed by atoms with Crippen LogP contribution in [-0.4, -0.2) is 23.0 Å². The van der Waals surface area contributed by atoms with E-state index >= 15 is 0 Å². The average molecular weight is 337 g/mol. The number of amides is 1. The first-order valence-corrected chi connectivity index (χ1v) is 8.15. The molecule has 2 rings (SSSR count). The number of carbonyl (C=O) groups is 2. The van der Waals surface area contributed by atoms with E-state index < -0.39 is 17.4 Å². The zero-order chi connectivity index (χ0) is 18.4. The maximum Gasteiger partial charge on any atom is 0.326 e. The molecule has 0 aliphatic carbocycles. The number of aliphatic carboxylic acids is 1. The van der Waals surface area contributed by atoms with E-state index in [4.69, 9.17) is 0 Å². The Balaban J connectivity index is 2.44. The van der Waals surface area contributed by atoms with Crippen molar-refractivity contribution in [3.63, 3.8) is 0 Å². The summed E-state index contributed by atoms with van der Waals surface area (Å²) in [6, 6.07) is 17.7. The molecule has 0 bridgehead atoms. The fourth-order valence-corrected chi connectivity index (χ4v) is 2.82. The summed E-state index contributed by atoms with van der Waals surface area (Å²) in [5.74, 6) is -1.42. The molecular formula is C21H23NO3. The van der Waals surface area contributed by atoms with Crippen molar-refractivity contribution in [1.82, 2.24) is 5.32 Å². The second-order valence-electron chi connectivity index (χ2n) is 6.38. The number of nitrogens with one attached hydrogen (secondary N) is 1. The number of carboxylic acid groups (broad SMARTS) is 1. The van der Waals surface area contributed by atoms with Crippen LogP contribution in [0.5, 0.6) is 0 Å². The minimum Gasteiger partial charge on any atom is -0.480 e. The van der Waals surface area contributed by atoms with Crippen LogP contribution in [0, 0.1) is 0 Å². The van der Waals surface area contributed by atoms with Crippen LogP contribution < -0.4 is 5.32 Å². The highest BCUT2D eigenvalue weighted by atomic mass is 16.4. The van der Waals surface area contributed by atoms with Gasteiger partial charge in [-0.2, -0.15) is 0 Å². The standard InChI is InChI=1S/C21H23NO3/c1-15(2)14-18(19(23)24)22-20(25)21(3,16-10-6-4-7-11-16)17-12-8-5-9-13-17/h4-13,18H,1,14H2,2-3H3,(H,22,25)(H,23,24)/t18-/m1/s1. The van der Waals surface area contributed by atoms with Gasteiger partial charge in [-0.1, -0.05) is 66.2 Å². The number of hydrogen-bond donors (Lipinski definition) is 2. The molecule has 25 heavy (non-hydrogen) atoms. The molecule has 1 atom stereocenters. The lowest BCUT2D eigenvalue weighted by Gasteiger charge is -2.31. The number of benzene rings is 2. The van der Waals surface area contributed by atoms with Gasteiger partial charge in [-0.25, -0.2) is 4.79 Å². The Morgan fingerprint density at radius 2 is 1.48 bits per heavy atom. The highest BCUT2D eigenvalue weighted by Crippen LogP contribution is 2.32. The summed E-state index contributed by atoms with van der Waals surface area (Å²) in [6.45, 7) is 7.31. The molecule has 2 aromatic rings. The maximum atomic E-state index is 13.2. The van der Waals surface area contributed by atoms with Gasteiger partial charge in [0.05, 0.1) is 5.41 Å². The van der Waals surface area contributed by atoms with Crippen molar-refractivity contribution in [3.05, 3.63) is 83.9 Å². The zero-order valence-corrected chi connectivity index (χ0v) is 14.5. The van der Waals surface area contributed by atoms with Gasteiger partial charge in [0.25, 0.3) is 0 Å². The lowest BCUT2D eigenvalue weighted by atomic mass is 9.75. The summed E-state index contributed by atoms with van der Waals surface area (Å²) in [5.41, 5.74) is 1.32. The molecule has 0 heterocycles. The number of carbonyl (C=O) groups excluding carboxylic acids is 1. The molecule has 130 valence electrons. The molecule has 0 aromatic heterocycles. The first-order chi connectivity index (χ1) is 11.9. The molecule has 0 saturated carbocycles. The Hall–Kier alpha value is -2.88. The smallest absolute Gasteiger partial charge is 0.326 e. The molecule has 4 heteroatoms. The predicted molar refractivity (Wildman–Crippen MR) is 98.3 cm³/mol. The van der Waals surface area contributed by atoms with Crippen molar-refractivity contribution in [2.45, 2.75) is 31.7 Å². The highest BCUT2D eigenvalue weighted by Gasteiger charge is 2.38. The summed E-state index contributed by atoms with van der Waals surface area (Å²) in [5, 5.41) is 12.1. The van der Waals surface area contributed by atoms with Gasteiger partial charge in [0.1, 0.15) is 6.04 Å². The molecule has 0 aliphatic rings. The van der Waals surface area contributed by atoms with E-state index in [1.165, 1.54) is 0 Å². The van der Waals surface area contributed by atoms with Crippen LogP contribution in [0.1, 0.15) is 31.4 Å².